The first-order valence-electron chi connectivity index (χ1n) is 5.49. The maximum absolute atomic E-state index is 13.2. The number of hydrogen-bond donors (Lipinski definition) is 1. The van der Waals surface area contributed by atoms with Gasteiger partial charge >= 0.3 is 0 Å². The Morgan fingerprint density at radius 3 is 2.84 bits per heavy atom. The van der Waals surface area contributed by atoms with Crippen molar-refractivity contribution in [2.45, 2.75) is 6.92 Å². The van der Waals surface area contributed by atoms with Crippen molar-refractivity contribution in [2.24, 2.45) is 0 Å². The van der Waals surface area contributed by atoms with Crippen LogP contribution in [0.4, 0.5) is 10.3 Å². The number of anilines is 1. The minimum Gasteiger partial charge on any atom is -0.436 e. The van der Waals surface area contributed by atoms with Crippen LogP contribution < -0.4 is 10.1 Å². The predicted molar refractivity (Wildman–Crippen MR) is 78.1 cm³/mol. The van der Waals surface area contributed by atoms with Gasteiger partial charge in [0, 0.05) is 12.6 Å². The van der Waals surface area contributed by atoms with Crippen LogP contribution in [0.2, 0.25) is 0 Å². The van der Waals surface area contributed by atoms with Crippen LogP contribution in [0, 0.1) is 5.82 Å². The van der Waals surface area contributed by atoms with Crippen LogP contribution >= 0.6 is 31.9 Å². The summed E-state index contributed by atoms with van der Waals surface area (Å²) >= 11 is 6.59. The number of benzene rings is 1. The van der Waals surface area contributed by atoms with Gasteiger partial charge in [0.25, 0.3) is 0 Å². The summed E-state index contributed by atoms with van der Waals surface area (Å²) < 4.78 is 20.0. The Kier molecular flexibility index (Phi) is 4.71. The second-order valence-electron chi connectivity index (χ2n) is 3.55. The number of ether oxygens (including phenoxy) is 1. The van der Waals surface area contributed by atoms with Gasteiger partial charge in [0.2, 0.25) is 11.8 Å². The highest BCUT2D eigenvalue weighted by molar-refractivity contribution is 9.11. The van der Waals surface area contributed by atoms with E-state index >= 15 is 0 Å². The topological polar surface area (TPSA) is 47.0 Å². The molecule has 1 heterocycles. The Morgan fingerprint density at radius 2 is 2.11 bits per heavy atom. The minimum absolute atomic E-state index is 0.317. The van der Waals surface area contributed by atoms with E-state index in [-0.39, 0.29) is 5.82 Å². The molecule has 0 aliphatic carbocycles. The van der Waals surface area contributed by atoms with Gasteiger partial charge in [-0.1, -0.05) is 0 Å². The highest BCUT2D eigenvalue weighted by atomic mass is 79.9. The third-order valence-electron chi connectivity index (χ3n) is 2.15. The van der Waals surface area contributed by atoms with Gasteiger partial charge in [-0.25, -0.2) is 9.37 Å². The average Bonchev–Trinajstić information content (AvgIpc) is 2.38. The zero-order valence-electron chi connectivity index (χ0n) is 9.95. The molecule has 0 bridgehead atoms. The zero-order chi connectivity index (χ0) is 13.8. The Bertz CT molecular complexity index is 595. The number of hydrogen-bond acceptors (Lipinski definition) is 4. The van der Waals surface area contributed by atoms with E-state index in [0.29, 0.717) is 33.1 Å². The van der Waals surface area contributed by atoms with Crippen molar-refractivity contribution in [1.29, 1.82) is 0 Å². The molecule has 0 aliphatic heterocycles. The van der Waals surface area contributed by atoms with Crippen molar-refractivity contribution in [3.63, 3.8) is 0 Å². The summed E-state index contributed by atoms with van der Waals surface area (Å²) in [5, 5.41) is 2.98. The lowest BCUT2D eigenvalue weighted by Crippen LogP contribution is -2.03. The molecule has 2 aromatic rings. The molecule has 2 rings (SSSR count). The largest absolute Gasteiger partial charge is 0.436 e. The molecule has 0 amide bonds. The maximum Gasteiger partial charge on any atom is 0.238 e. The van der Waals surface area contributed by atoms with E-state index in [1.54, 1.807) is 12.3 Å². The second-order valence-corrected chi connectivity index (χ2v) is 5.26. The molecule has 1 aromatic carbocycles. The predicted octanol–water partition coefficient (Wildman–Crippen LogP) is 4.36. The standard InChI is InChI=1S/C12H10Br2FN3O/c1-2-16-12-17-6-9(14)11(18-12)19-10-5-7(15)3-4-8(10)13/h3-6H,2H2,1H3,(H,16,17,18). The summed E-state index contributed by atoms with van der Waals surface area (Å²) in [5.41, 5.74) is 0. The Balaban J connectivity index is 2.31. The Morgan fingerprint density at radius 1 is 1.32 bits per heavy atom. The molecule has 4 nitrogen and oxygen atoms in total. The molecule has 19 heavy (non-hydrogen) atoms. The fourth-order valence-corrected chi connectivity index (χ4v) is 1.93. The van der Waals surface area contributed by atoms with Crippen LogP contribution in [0.5, 0.6) is 11.6 Å². The molecule has 0 saturated carbocycles. The number of nitrogens with one attached hydrogen (secondary N) is 1. The highest BCUT2D eigenvalue weighted by Gasteiger charge is 2.10. The van der Waals surface area contributed by atoms with E-state index in [1.165, 1.54) is 12.1 Å². The van der Waals surface area contributed by atoms with Gasteiger partial charge in [0.1, 0.15) is 11.6 Å². The van der Waals surface area contributed by atoms with Crippen LogP contribution in [0.3, 0.4) is 0 Å². The number of rotatable bonds is 4. The smallest absolute Gasteiger partial charge is 0.238 e. The van der Waals surface area contributed by atoms with Crippen LogP contribution in [0.25, 0.3) is 0 Å². The van der Waals surface area contributed by atoms with Crippen molar-refractivity contribution >= 4 is 37.8 Å². The molecule has 0 spiro atoms. The molecule has 1 aromatic heterocycles. The Hall–Kier alpha value is -1.21. The van der Waals surface area contributed by atoms with Gasteiger partial charge < -0.3 is 10.1 Å². The summed E-state index contributed by atoms with van der Waals surface area (Å²) in [6.07, 6.45) is 1.58. The summed E-state index contributed by atoms with van der Waals surface area (Å²) in [5.74, 6) is 0.739. The molecular formula is C12H10Br2FN3O. The summed E-state index contributed by atoms with van der Waals surface area (Å²) in [7, 11) is 0. The van der Waals surface area contributed by atoms with Gasteiger partial charge in [-0.3, -0.25) is 0 Å². The molecule has 100 valence electrons. The van der Waals surface area contributed by atoms with E-state index in [0.717, 1.165) is 0 Å². The monoisotopic (exact) mass is 389 g/mol. The third kappa shape index (κ3) is 3.63. The minimum atomic E-state index is -0.379. The van der Waals surface area contributed by atoms with E-state index in [9.17, 15) is 4.39 Å². The van der Waals surface area contributed by atoms with Crippen molar-refractivity contribution in [1.82, 2.24) is 9.97 Å². The summed E-state index contributed by atoms with van der Waals surface area (Å²) in [4.78, 5) is 8.27. The molecule has 0 radical (unpaired) electrons. The number of halogens is 3. The zero-order valence-corrected chi connectivity index (χ0v) is 13.1. The van der Waals surface area contributed by atoms with Crippen molar-refractivity contribution in [3.8, 4) is 11.6 Å². The summed E-state index contributed by atoms with van der Waals surface area (Å²) in [6.45, 7) is 2.64. The fraction of sp³-hybridized carbons (Fsp3) is 0.167. The van der Waals surface area contributed by atoms with Gasteiger partial charge in [-0.15, -0.1) is 0 Å². The number of nitrogens with zero attached hydrogens (tertiary/aromatic N) is 2. The lowest BCUT2D eigenvalue weighted by atomic mass is 10.3. The normalized spacial score (nSPS) is 10.3. The molecule has 7 heteroatoms. The molecule has 0 saturated heterocycles. The first-order valence-corrected chi connectivity index (χ1v) is 7.08. The lowest BCUT2D eigenvalue weighted by molar-refractivity contribution is 0.451. The van der Waals surface area contributed by atoms with E-state index < -0.39 is 0 Å². The van der Waals surface area contributed by atoms with Gasteiger partial charge in [-0.2, -0.15) is 4.98 Å². The molecule has 1 N–H and O–H groups in total. The lowest BCUT2D eigenvalue weighted by Gasteiger charge is -2.09. The number of aromatic nitrogens is 2. The van der Waals surface area contributed by atoms with Crippen LogP contribution in [-0.2, 0) is 0 Å². The first-order chi connectivity index (χ1) is 9.10. The quantitative estimate of drug-likeness (QED) is 0.842. The van der Waals surface area contributed by atoms with Crippen LogP contribution in [0.1, 0.15) is 6.92 Å². The van der Waals surface area contributed by atoms with E-state index in [4.69, 9.17) is 4.74 Å². The van der Waals surface area contributed by atoms with E-state index in [1.807, 2.05) is 6.92 Å². The SMILES string of the molecule is CCNc1ncc(Br)c(Oc2cc(F)ccc2Br)n1. The Labute approximate surface area is 126 Å². The van der Waals surface area contributed by atoms with E-state index in [2.05, 4.69) is 47.1 Å². The van der Waals surface area contributed by atoms with Gasteiger partial charge in [-0.05, 0) is 50.9 Å². The maximum atomic E-state index is 13.2. The van der Waals surface area contributed by atoms with Gasteiger partial charge in [0.05, 0.1) is 15.1 Å². The summed E-state index contributed by atoms with van der Waals surface area (Å²) in [6, 6.07) is 4.20. The molecule has 0 fully saturated rings. The van der Waals surface area contributed by atoms with Crippen LogP contribution in [0.15, 0.2) is 33.3 Å². The second kappa shape index (κ2) is 6.29. The van der Waals surface area contributed by atoms with Gasteiger partial charge in [0.15, 0.2) is 0 Å². The van der Waals surface area contributed by atoms with Crippen molar-refractivity contribution < 1.29 is 9.13 Å². The molecular weight excluding hydrogens is 381 g/mol. The first kappa shape index (κ1) is 14.2. The molecule has 0 atom stereocenters. The highest BCUT2D eigenvalue weighted by Crippen LogP contribution is 2.33. The van der Waals surface area contributed by atoms with Crippen molar-refractivity contribution in [2.75, 3.05) is 11.9 Å². The average molecular weight is 391 g/mol. The fourth-order valence-electron chi connectivity index (χ4n) is 1.33. The van der Waals surface area contributed by atoms with Crippen molar-refractivity contribution in [3.05, 3.63) is 39.2 Å². The molecule has 0 aliphatic rings. The molecule has 0 unspecified atom stereocenters. The van der Waals surface area contributed by atoms with Crippen LogP contribution in [-0.4, -0.2) is 16.5 Å². The third-order valence-corrected chi connectivity index (χ3v) is 3.35.